The number of para-hydroxylation sites is 1. The molecule has 0 spiro atoms. The molecule has 30 heavy (non-hydrogen) atoms. The van der Waals surface area contributed by atoms with Gasteiger partial charge >= 0.3 is 5.97 Å². The first-order chi connectivity index (χ1) is 14.6. The molecule has 0 radical (unpaired) electrons. The molecule has 2 aromatic rings. The predicted octanol–water partition coefficient (Wildman–Crippen LogP) is 3.50. The number of rotatable bonds is 9. The Morgan fingerprint density at radius 2 is 1.80 bits per heavy atom. The Balaban J connectivity index is 1.54. The molecule has 0 atom stereocenters. The van der Waals surface area contributed by atoms with Crippen molar-refractivity contribution in [3.05, 3.63) is 65.4 Å². The second-order valence-electron chi connectivity index (χ2n) is 6.42. The normalized spacial score (nSPS) is 13.3. The van der Waals surface area contributed by atoms with Gasteiger partial charge in [-0.3, -0.25) is 4.79 Å². The standard InChI is InChI=1S/C23H25NO6/c1-3-27-21(23(26)28-4-2)15-17-9-11-18(12-10-17)29-14-13-24-16-30-20-8-6-5-7-19(20)22(24)25/h5-12,15H,3-4,13-14,16H2,1-2H3/b21-15-. The van der Waals surface area contributed by atoms with Gasteiger partial charge in [-0.2, -0.15) is 0 Å². The molecule has 0 unspecified atom stereocenters. The minimum Gasteiger partial charge on any atom is -0.492 e. The van der Waals surface area contributed by atoms with Crippen LogP contribution >= 0.6 is 0 Å². The van der Waals surface area contributed by atoms with Crippen LogP contribution in [0.25, 0.3) is 6.08 Å². The average molecular weight is 411 g/mol. The number of carbonyl (C=O) groups is 2. The lowest BCUT2D eigenvalue weighted by Crippen LogP contribution is -2.40. The molecule has 1 aliphatic heterocycles. The number of nitrogens with zero attached hydrogens (tertiary/aromatic N) is 1. The predicted molar refractivity (Wildman–Crippen MR) is 111 cm³/mol. The van der Waals surface area contributed by atoms with Crippen LogP contribution in [-0.4, -0.2) is 49.9 Å². The van der Waals surface area contributed by atoms with E-state index >= 15 is 0 Å². The first kappa shape index (κ1) is 21.2. The van der Waals surface area contributed by atoms with E-state index in [-0.39, 0.29) is 25.0 Å². The number of carbonyl (C=O) groups excluding carboxylic acids is 2. The summed E-state index contributed by atoms with van der Waals surface area (Å²) in [6, 6.07) is 14.4. The van der Waals surface area contributed by atoms with Gasteiger partial charge in [0.1, 0.15) is 18.1 Å². The summed E-state index contributed by atoms with van der Waals surface area (Å²) in [6.07, 6.45) is 1.63. The summed E-state index contributed by atoms with van der Waals surface area (Å²) in [5, 5.41) is 0. The van der Waals surface area contributed by atoms with Crippen LogP contribution in [0.1, 0.15) is 29.8 Å². The van der Waals surface area contributed by atoms with Crippen LogP contribution < -0.4 is 9.47 Å². The zero-order valence-corrected chi connectivity index (χ0v) is 17.1. The highest BCUT2D eigenvalue weighted by atomic mass is 16.6. The number of hydrogen-bond donors (Lipinski definition) is 0. The molecule has 0 N–H and O–H groups in total. The Kier molecular flexibility index (Phi) is 7.32. The van der Waals surface area contributed by atoms with Gasteiger partial charge in [-0.05, 0) is 49.8 Å². The van der Waals surface area contributed by atoms with E-state index in [4.69, 9.17) is 18.9 Å². The van der Waals surface area contributed by atoms with Gasteiger partial charge in [0.15, 0.2) is 6.73 Å². The molecule has 3 rings (SSSR count). The van der Waals surface area contributed by atoms with Crippen molar-refractivity contribution in [2.75, 3.05) is 33.1 Å². The van der Waals surface area contributed by atoms with E-state index in [2.05, 4.69) is 0 Å². The molecule has 1 heterocycles. The van der Waals surface area contributed by atoms with Gasteiger partial charge in [0, 0.05) is 0 Å². The summed E-state index contributed by atoms with van der Waals surface area (Å²) in [5.74, 6) is 0.875. The Morgan fingerprint density at radius 3 is 2.53 bits per heavy atom. The van der Waals surface area contributed by atoms with E-state index < -0.39 is 5.97 Å². The zero-order valence-electron chi connectivity index (χ0n) is 17.1. The van der Waals surface area contributed by atoms with E-state index in [9.17, 15) is 9.59 Å². The van der Waals surface area contributed by atoms with Gasteiger partial charge < -0.3 is 23.8 Å². The largest absolute Gasteiger partial charge is 0.492 e. The van der Waals surface area contributed by atoms with Gasteiger partial charge in [-0.1, -0.05) is 24.3 Å². The second-order valence-corrected chi connectivity index (χ2v) is 6.42. The fraction of sp³-hybridized carbons (Fsp3) is 0.304. The quantitative estimate of drug-likeness (QED) is 0.357. The Hall–Kier alpha value is -3.48. The third-order valence-electron chi connectivity index (χ3n) is 4.36. The summed E-state index contributed by atoms with van der Waals surface area (Å²) >= 11 is 0. The molecule has 158 valence electrons. The van der Waals surface area contributed by atoms with Crippen LogP contribution in [-0.2, 0) is 14.3 Å². The van der Waals surface area contributed by atoms with Crippen molar-refractivity contribution >= 4 is 18.0 Å². The summed E-state index contributed by atoms with van der Waals surface area (Å²) in [7, 11) is 0. The first-order valence-electron chi connectivity index (χ1n) is 9.88. The third kappa shape index (κ3) is 5.31. The van der Waals surface area contributed by atoms with E-state index in [1.807, 2.05) is 24.3 Å². The van der Waals surface area contributed by atoms with Crippen LogP contribution in [0.5, 0.6) is 11.5 Å². The number of amides is 1. The SMILES string of the molecule is CCOC(=O)/C(=C/c1ccc(OCCN2COc3ccccc3C2=O)cc1)OCC. The molecule has 7 nitrogen and oxygen atoms in total. The lowest BCUT2D eigenvalue weighted by atomic mass is 10.1. The van der Waals surface area contributed by atoms with Gasteiger partial charge in [-0.25, -0.2) is 4.79 Å². The number of hydrogen-bond acceptors (Lipinski definition) is 6. The summed E-state index contributed by atoms with van der Waals surface area (Å²) in [6.45, 7) is 5.15. The lowest BCUT2D eigenvalue weighted by molar-refractivity contribution is -0.142. The molecule has 0 aliphatic carbocycles. The molecule has 1 aliphatic rings. The molecule has 0 fully saturated rings. The number of fused-ring (bicyclic) bond motifs is 1. The molecule has 2 aromatic carbocycles. The maximum absolute atomic E-state index is 12.5. The third-order valence-corrected chi connectivity index (χ3v) is 4.36. The van der Waals surface area contributed by atoms with E-state index in [0.717, 1.165) is 5.56 Å². The fourth-order valence-corrected chi connectivity index (χ4v) is 2.91. The number of esters is 1. The molecule has 0 aromatic heterocycles. The van der Waals surface area contributed by atoms with Gasteiger partial charge in [0.05, 0.1) is 25.3 Å². The molecule has 1 amide bonds. The lowest BCUT2D eigenvalue weighted by Gasteiger charge is -2.28. The topological polar surface area (TPSA) is 74.3 Å². The highest BCUT2D eigenvalue weighted by molar-refractivity contribution is 5.97. The summed E-state index contributed by atoms with van der Waals surface area (Å²) < 4.78 is 21.7. The number of benzene rings is 2. The molecule has 0 saturated heterocycles. The fourth-order valence-electron chi connectivity index (χ4n) is 2.91. The zero-order chi connectivity index (χ0) is 21.3. The highest BCUT2D eigenvalue weighted by Gasteiger charge is 2.24. The smallest absolute Gasteiger partial charge is 0.373 e. The van der Waals surface area contributed by atoms with E-state index in [0.29, 0.717) is 36.8 Å². The molecular formula is C23H25NO6. The maximum atomic E-state index is 12.5. The van der Waals surface area contributed by atoms with Crippen molar-refractivity contribution in [2.45, 2.75) is 13.8 Å². The Labute approximate surface area is 175 Å². The maximum Gasteiger partial charge on any atom is 0.373 e. The van der Waals surface area contributed by atoms with Gasteiger partial charge in [-0.15, -0.1) is 0 Å². The number of ether oxygens (including phenoxy) is 4. The average Bonchev–Trinajstić information content (AvgIpc) is 2.76. The van der Waals surface area contributed by atoms with E-state index in [1.54, 1.807) is 49.1 Å². The van der Waals surface area contributed by atoms with Crippen molar-refractivity contribution in [1.29, 1.82) is 0 Å². The van der Waals surface area contributed by atoms with Crippen LogP contribution in [0.15, 0.2) is 54.3 Å². The van der Waals surface area contributed by atoms with Crippen LogP contribution in [0.2, 0.25) is 0 Å². The van der Waals surface area contributed by atoms with Crippen molar-refractivity contribution in [3.63, 3.8) is 0 Å². The minimum absolute atomic E-state index is 0.0663. The monoisotopic (exact) mass is 411 g/mol. The molecule has 0 bridgehead atoms. The van der Waals surface area contributed by atoms with Crippen molar-refractivity contribution in [2.24, 2.45) is 0 Å². The Bertz CT molecular complexity index is 906. The summed E-state index contributed by atoms with van der Waals surface area (Å²) in [4.78, 5) is 26.0. The van der Waals surface area contributed by atoms with E-state index in [1.165, 1.54) is 0 Å². The molecular weight excluding hydrogens is 386 g/mol. The van der Waals surface area contributed by atoms with Crippen LogP contribution in [0.4, 0.5) is 0 Å². The van der Waals surface area contributed by atoms with Gasteiger partial charge in [0.25, 0.3) is 5.91 Å². The van der Waals surface area contributed by atoms with Crippen LogP contribution in [0, 0.1) is 0 Å². The van der Waals surface area contributed by atoms with Gasteiger partial charge in [0.2, 0.25) is 5.76 Å². The second kappa shape index (κ2) is 10.3. The summed E-state index contributed by atoms with van der Waals surface area (Å²) in [5.41, 5.74) is 1.35. The van der Waals surface area contributed by atoms with Crippen LogP contribution in [0.3, 0.4) is 0 Å². The first-order valence-corrected chi connectivity index (χ1v) is 9.88. The Morgan fingerprint density at radius 1 is 1.07 bits per heavy atom. The van der Waals surface area contributed by atoms with Crippen molar-refractivity contribution < 1.29 is 28.5 Å². The molecule has 7 heteroatoms. The minimum atomic E-state index is -0.491. The highest BCUT2D eigenvalue weighted by Crippen LogP contribution is 2.24. The van der Waals surface area contributed by atoms with Crippen molar-refractivity contribution in [1.82, 2.24) is 4.90 Å². The van der Waals surface area contributed by atoms with Crippen molar-refractivity contribution in [3.8, 4) is 11.5 Å². The molecule has 0 saturated carbocycles.